The van der Waals surface area contributed by atoms with Crippen LogP contribution in [0, 0.1) is 0 Å². The monoisotopic (exact) mass is 355 g/mol. The first-order valence-electron chi connectivity index (χ1n) is 5.95. The molecule has 1 aromatic carbocycles. The molecule has 1 aliphatic rings. The summed E-state index contributed by atoms with van der Waals surface area (Å²) >= 11 is 0.353. The number of alkyl halides is 2. The molecule has 1 aromatic rings. The minimum absolute atomic E-state index is 0.0211. The van der Waals surface area contributed by atoms with Gasteiger partial charge in [-0.2, -0.15) is 0 Å². The molecule has 1 aliphatic heterocycles. The van der Waals surface area contributed by atoms with Gasteiger partial charge in [0, 0.05) is 0 Å². The van der Waals surface area contributed by atoms with Crippen LogP contribution in [-0.2, 0) is 11.2 Å². The quantitative estimate of drug-likeness (QED) is 0.296. The summed E-state index contributed by atoms with van der Waals surface area (Å²) in [6, 6.07) is 7.57. The number of hydrogen-bond donors (Lipinski definition) is 0. The minimum atomic E-state index is 0.0211. The zero-order valence-electron chi connectivity index (χ0n) is 10.4. The van der Waals surface area contributed by atoms with E-state index in [-0.39, 0.29) is 11.6 Å². The molecule has 1 atom stereocenters. The standard InChI is InChI=1S/C15H16IO2/c1-10(11(2)17)7-12-3-5-13(6-4-12)15(18)8-14-9-16-14/h3-6,14H,1,7-9H2,2H3/q-1. The Kier molecular flexibility index (Phi) is 4.32. The number of ketones is 2. The average Bonchev–Trinajstić information content (AvgIpc) is 3.13. The Morgan fingerprint density at radius 2 is 1.94 bits per heavy atom. The Morgan fingerprint density at radius 1 is 1.33 bits per heavy atom. The van der Waals surface area contributed by atoms with Crippen LogP contribution >= 0.6 is 0 Å². The van der Waals surface area contributed by atoms with Crippen LogP contribution in [-0.4, -0.2) is 19.9 Å². The van der Waals surface area contributed by atoms with Crippen molar-refractivity contribution in [3.05, 3.63) is 47.5 Å². The van der Waals surface area contributed by atoms with Gasteiger partial charge in [0.15, 0.2) is 0 Å². The molecule has 18 heavy (non-hydrogen) atoms. The Balaban J connectivity index is 1.98. The number of benzene rings is 1. The van der Waals surface area contributed by atoms with E-state index >= 15 is 0 Å². The van der Waals surface area contributed by atoms with Crippen LogP contribution in [0.2, 0.25) is 0 Å². The molecular formula is C15H16IO2-. The van der Waals surface area contributed by atoms with Crippen molar-refractivity contribution in [2.24, 2.45) is 0 Å². The van der Waals surface area contributed by atoms with Crippen LogP contribution in [0.4, 0.5) is 0 Å². The molecule has 0 aliphatic carbocycles. The van der Waals surface area contributed by atoms with Crippen molar-refractivity contribution in [1.29, 1.82) is 0 Å². The zero-order valence-corrected chi connectivity index (χ0v) is 12.6. The summed E-state index contributed by atoms with van der Waals surface area (Å²) in [6.45, 7) is 5.27. The fraction of sp³-hybridized carbons (Fsp3) is 0.333. The van der Waals surface area contributed by atoms with Gasteiger partial charge in [0.25, 0.3) is 0 Å². The second kappa shape index (κ2) is 5.78. The first kappa shape index (κ1) is 13.5. The number of rotatable bonds is 6. The van der Waals surface area contributed by atoms with Gasteiger partial charge < -0.3 is 0 Å². The van der Waals surface area contributed by atoms with Crippen LogP contribution in [0.15, 0.2) is 36.4 Å². The second-order valence-corrected chi connectivity index (χ2v) is 8.09. The van der Waals surface area contributed by atoms with E-state index in [1.54, 1.807) is 0 Å². The van der Waals surface area contributed by atoms with Crippen molar-refractivity contribution < 1.29 is 30.8 Å². The van der Waals surface area contributed by atoms with Gasteiger partial charge >= 0.3 is 118 Å². The molecule has 3 heteroatoms. The fourth-order valence-electron chi connectivity index (χ4n) is 1.67. The molecule has 0 spiro atoms. The third kappa shape index (κ3) is 3.77. The van der Waals surface area contributed by atoms with Crippen molar-refractivity contribution in [3.63, 3.8) is 0 Å². The number of hydrogen-bond acceptors (Lipinski definition) is 2. The Labute approximate surface area is 118 Å². The molecule has 0 aromatic heterocycles. The summed E-state index contributed by atoms with van der Waals surface area (Å²) in [5.41, 5.74) is 2.44. The van der Waals surface area contributed by atoms with Crippen LogP contribution in [0.5, 0.6) is 0 Å². The van der Waals surface area contributed by atoms with Crippen molar-refractivity contribution in [3.8, 4) is 0 Å². The van der Waals surface area contributed by atoms with Crippen LogP contribution in [0.3, 0.4) is 0 Å². The maximum absolute atomic E-state index is 11.9. The molecule has 2 rings (SSSR count). The van der Waals surface area contributed by atoms with E-state index in [1.807, 2.05) is 24.3 Å². The number of carbonyl (C=O) groups is 2. The zero-order chi connectivity index (χ0) is 13.1. The predicted molar refractivity (Wildman–Crippen MR) is 67.6 cm³/mol. The van der Waals surface area contributed by atoms with E-state index in [1.165, 1.54) is 11.4 Å². The third-order valence-electron chi connectivity index (χ3n) is 2.97. The van der Waals surface area contributed by atoms with Gasteiger partial charge in [-0.3, -0.25) is 0 Å². The Bertz CT molecular complexity index is 484. The molecule has 1 unspecified atom stereocenters. The summed E-state index contributed by atoms with van der Waals surface area (Å²) in [4.78, 5) is 23.0. The van der Waals surface area contributed by atoms with Crippen LogP contribution in [0.25, 0.3) is 0 Å². The third-order valence-corrected chi connectivity index (χ3v) is 5.54. The van der Waals surface area contributed by atoms with Gasteiger partial charge in [0.1, 0.15) is 0 Å². The van der Waals surface area contributed by atoms with E-state index in [0.717, 1.165) is 21.5 Å². The number of carbonyl (C=O) groups excluding carboxylic acids is 2. The van der Waals surface area contributed by atoms with Crippen molar-refractivity contribution in [2.75, 3.05) is 4.43 Å². The molecule has 96 valence electrons. The van der Waals surface area contributed by atoms with Gasteiger partial charge in [-0.25, -0.2) is 0 Å². The average molecular weight is 355 g/mol. The number of allylic oxidation sites excluding steroid dienone is 1. The molecule has 2 nitrogen and oxygen atoms in total. The molecular weight excluding hydrogens is 339 g/mol. The Hall–Kier alpha value is -0.970. The fourth-order valence-corrected chi connectivity index (χ4v) is 3.05. The molecule has 1 fully saturated rings. The summed E-state index contributed by atoms with van der Waals surface area (Å²) in [6.07, 6.45) is 1.30. The second-order valence-electron chi connectivity index (χ2n) is 4.57. The van der Waals surface area contributed by atoms with Crippen molar-refractivity contribution in [2.45, 2.75) is 23.7 Å². The summed E-state index contributed by atoms with van der Waals surface area (Å²) < 4.78 is 2.04. The molecule has 0 amide bonds. The first-order chi connectivity index (χ1) is 8.56. The number of halogens is 1. The molecule has 0 N–H and O–H groups in total. The van der Waals surface area contributed by atoms with Gasteiger partial charge in [-0.15, -0.1) is 0 Å². The summed E-state index contributed by atoms with van der Waals surface area (Å²) in [5.74, 6) is 0.280. The van der Waals surface area contributed by atoms with E-state index < -0.39 is 0 Å². The summed E-state index contributed by atoms with van der Waals surface area (Å²) in [5, 5.41) is 0. The van der Waals surface area contributed by atoms with E-state index in [2.05, 4.69) is 6.58 Å². The van der Waals surface area contributed by atoms with E-state index in [4.69, 9.17) is 0 Å². The predicted octanol–water partition coefficient (Wildman–Crippen LogP) is -0.582. The molecule has 0 radical (unpaired) electrons. The van der Waals surface area contributed by atoms with Crippen molar-refractivity contribution >= 4 is 11.6 Å². The normalized spacial score (nSPS) is 17.7. The van der Waals surface area contributed by atoms with E-state index in [0.29, 0.717) is 33.2 Å². The molecule has 1 heterocycles. The number of Topliss-reactive ketones (excluding diaryl/α,β-unsaturated/α-hetero) is 2. The van der Waals surface area contributed by atoms with Crippen molar-refractivity contribution in [1.82, 2.24) is 0 Å². The SMILES string of the molecule is C=C(Cc1ccc(C(=O)CC2C[I-]2)cc1)C(C)=O. The van der Waals surface area contributed by atoms with E-state index in [9.17, 15) is 9.59 Å². The van der Waals surface area contributed by atoms with Crippen LogP contribution in [0.1, 0.15) is 29.3 Å². The molecule has 0 bridgehead atoms. The topological polar surface area (TPSA) is 34.1 Å². The van der Waals surface area contributed by atoms with Gasteiger partial charge in [0.05, 0.1) is 0 Å². The Morgan fingerprint density at radius 3 is 2.44 bits per heavy atom. The van der Waals surface area contributed by atoms with Gasteiger partial charge in [-0.05, 0) is 0 Å². The van der Waals surface area contributed by atoms with Gasteiger partial charge in [-0.1, -0.05) is 0 Å². The first-order valence-corrected chi connectivity index (χ1v) is 8.72. The van der Waals surface area contributed by atoms with Gasteiger partial charge in [0.2, 0.25) is 0 Å². The molecule has 1 saturated heterocycles. The van der Waals surface area contributed by atoms with Crippen LogP contribution < -0.4 is 21.2 Å². The summed E-state index contributed by atoms with van der Waals surface area (Å²) in [7, 11) is 0. The maximum atomic E-state index is 11.9. The molecule has 0 saturated carbocycles.